The summed E-state index contributed by atoms with van der Waals surface area (Å²) in [6.07, 6.45) is 0. The smallest absolute Gasteiger partial charge is 0.124 e. The SMILES string of the molecule is Cc1cc2c(cc1N)C(N)CO2. The van der Waals surface area contributed by atoms with E-state index >= 15 is 0 Å². The van der Waals surface area contributed by atoms with E-state index in [2.05, 4.69) is 0 Å². The van der Waals surface area contributed by atoms with Crippen LogP contribution in [0.1, 0.15) is 17.2 Å². The maximum Gasteiger partial charge on any atom is 0.124 e. The van der Waals surface area contributed by atoms with E-state index in [1.807, 2.05) is 19.1 Å². The molecule has 3 heteroatoms. The number of aryl methyl sites for hydroxylation is 1. The zero-order valence-electron chi connectivity index (χ0n) is 7.00. The Hall–Kier alpha value is -1.22. The van der Waals surface area contributed by atoms with Gasteiger partial charge in [0.2, 0.25) is 0 Å². The molecular formula is C9H12N2O. The predicted octanol–water partition coefficient (Wildman–Crippen LogP) is 0.969. The van der Waals surface area contributed by atoms with E-state index in [9.17, 15) is 0 Å². The molecule has 0 aromatic heterocycles. The largest absolute Gasteiger partial charge is 0.491 e. The van der Waals surface area contributed by atoms with Gasteiger partial charge in [0.05, 0.1) is 6.04 Å². The van der Waals surface area contributed by atoms with Gasteiger partial charge < -0.3 is 16.2 Å². The standard InChI is InChI=1S/C9H12N2O/c1-5-2-9-6(3-7(5)10)8(11)4-12-9/h2-3,8H,4,10-11H2,1H3. The van der Waals surface area contributed by atoms with E-state index in [4.69, 9.17) is 16.2 Å². The van der Waals surface area contributed by atoms with E-state index in [1.165, 1.54) is 0 Å². The van der Waals surface area contributed by atoms with E-state index in [1.54, 1.807) is 0 Å². The fourth-order valence-electron chi connectivity index (χ4n) is 1.40. The molecule has 64 valence electrons. The maximum absolute atomic E-state index is 5.78. The number of nitrogen functional groups attached to an aromatic ring is 1. The Kier molecular flexibility index (Phi) is 1.48. The lowest BCUT2D eigenvalue weighted by Gasteiger charge is -2.04. The van der Waals surface area contributed by atoms with Crippen molar-refractivity contribution in [1.82, 2.24) is 0 Å². The molecule has 0 saturated heterocycles. The lowest BCUT2D eigenvalue weighted by atomic mass is 10.1. The summed E-state index contributed by atoms with van der Waals surface area (Å²) in [5, 5.41) is 0. The second-order valence-corrected chi connectivity index (χ2v) is 3.16. The molecular weight excluding hydrogens is 152 g/mol. The van der Waals surface area contributed by atoms with Crippen molar-refractivity contribution in [3.05, 3.63) is 23.3 Å². The molecule has 0 spiro atoms. The summed E-state index contributed by atoms with van der Waals surface area (Å²) in [5.41, 5.74) is 14.4. The fourth-order valence-corrected chi connectivity index (χ4v) is 1.40. The van der Waals surface area contributed by atoms with Gasteiger partial charge >= 0.3 is 0 Å². The number of hydrogen-bond donors (Lipinski definition) is 2. The first-order chi connectivity index (χ1) is 5.68. The molecule has 0 fully saturated rings. The molecule has 0 bridgehead atoms. The highest BCUT2D eigenvalue weighted by Crippen LogP contribution is 2.33. The highest BCUT2D eigenvalue weighted by molar-refractivity contribution is 5.56. The number of hydrogen-bond acceptors (Lipinski definition) is 3. The molecule has 2 rings (SSSR count). The van der Waals surface area contributed by atoms with Gasteiger partial charge in [-0.1, -0.05) is 0 Å². The highest BCUT2D eigenvalue weighted by Gasteiger charge is 2.21. The molecule has 0 saturated carbocycles. The minimum atomic E-state index is -0.0112. The number of anilines is 1. The summed E-state index contributed by atoms with van der Waals surface area (Å²) in [7, 11) is 0. The molecule has 1 aliphatic rings. The van der Waals surface area contributed by atoms with Crippen molar-refractivity contribution in [2.75, 3.05) is 12.3 Å². The van der Waals surface area contributed by atoms with Crippen molar-refractivity contribution < 1.29 is 4.74 Å². The Labute approximate surface area is 71.3 Å². The van der Waals surface area contributed by atoms with Crippen LogP contribution in [-0.2, 0) is 0 Å². The van der Waals surface area contributed by atoms with Crippen LogP contribution in [0.2, 0.25) is 0 Å². The first-order valence-electron chi connectivity index (χ1n) is 3.97. The number of ether oxygens (including phenoxy) is 1. The zero-order chi connectivity index (χ0) is 8.72. The van der Waals surface area contributed by atoms with Crippen molar-refractivity contribution >= 4 is 5.69 Å². The van der Waals surface area contributed by atoms with Crippen LogP contribution in [0, 0.1) is 6.92 Å². The summed E-state index contributed by atoms with van der Waals surface area (Å²) in [4.78, 5) is 0. The number of rotatable bonds is 0. The third-order valence-corrected chi connectivity index (χ3v) is 2.22. The molecule has 1 aliphatic heterocycles. The summed E-state index contributed by atoms with van der Waals surface area (Å²) < 4.78 is 5.37. The van der Waals surface area contributed by atoms with Gasteiger partial charge in [0.15, 0.2) is 0 Å². The molecule has 1 aromatic rings. The van der Waals surface area contributed by atoms with Crippen LogP contribution < -0.4 is 16.2 Å². The first-order valence-corrected chi connectivity index (χ1v) is 3.97. The zero-order valence-corrected chi connectivity index (χ0v) is 7.00. The number of nitrogens with two attached hydrogens (primary N) is 2. The molecule has 0 aliphatic carbocycles. The number of benzene rings is 1. The third-order valence-electron chi connectivity index (χ3n) is 2.22. The highest BCUT2D eigenvalue weighted by atomic mass is 16.5. The molecule has 12 heavy (non-hydrogen) atoms. The van der Waals surface area contributed by atoms with Gasteiger partial charge in [-0.3, -0.25) is 0 Å². The van der Waals surface area contributed by atoms with E-state index < -0.39 is 0 Å². The van der Waals surface area contributed by atoms with Crippen LogP contribution in [0.5, 0.6) is 5.75 Å². The van der Waals surface area contributed by atoms with Gasteiger partial charge in [0.25, 0.3) is 0 Å². The van der Waals surface area contributed by atoms with Gasteiger partial charge in [-0.05, 0) is 24.6 Å². The minimum absolute atomic E-state index is 0.0112. The van der Waals surface area contributed by atoms with Crippen molar-refractivity contribution in [3.63, 3.8) is 0 Å². The van der Waals surface area contributed by atoms with Crippen LogP contribution in [0.4, 0.5) is 5.69 Å². The quantitative estimate of drug-likeness (QED) is 0.562. The fraction of sp³-hybridized carbons (Fsp3) is 0.333. The normalized spacial score (nSPS) is 20.3. The van der Waals surface area contributed by atoms with Crippen LogP contribution in [0.3, 0.4) is 0 Å². The first kappa shape index (κ1) is 7.43. The summed E-state index contributed by atoms with van der Waals surface area (Å²) >= 11 is 0. The van der Waals surface area contributed by atoms with Crippen LogP contribution in [0.15, 0.2) is 12.1 Å². The third kappa shape index (κ3) is 0.940. The average molecular weight is 164 g/mol. The Morgan fingerprint density at radius 1 is 1.50 bits per heavy atom. The Bertz CT molecular complexity index is 323. The summed E-state index contributed by atoms with van der Waals surface area (Å²) in [6.45, 7) is 2.53. The van der Waals surface area contributed by atoms with Crippen LogP contribution in [0.25, 0.3) is 0 Å². The molecule has 0 amide bonds. The molecule has 0 radical (unpaired) electrons. The van der Waals surface area contributed by atoms with Gasteiger partial charge in [-0.15, -0.1) is 0 Å². The minimum Gasteiger partial charge on any atom is -0.491 e. The van der Waals surface area contributed by atoms with E-state index in [0.717, 1.165) is 22.6 Å². The van der Waals surface area contributed by atoms with Crippen molar-refractivity contribution in [3.8, 4) is 5.75 Å². The van der Waals surface area contributed by atoms with Crippen molar-refractivity contribution in [2.24, 2.45) is 5.73 Å². The van der Waals surface area contributed by atoms with Crippen molar-refractivity contribution in [1.29, 1.82) is 0 Å². The Balaban J connectivity index is 2.56. The summed E-state index contributed by atoms with van der Waals surface area (Å²) in [6, 6.07) is 3.84. The maximum atomic E-state index is 5.78. The number of fused-ring (bicyclic) bond motifs is 1. The molecule has 1 unspecified atom stereocenters. The Morgan fingerprint density at radius 2 is 2.25 bits per heavy atom. The molecule has 3 nitrogen and oxygen atoms in total. The molecule has 1 heterocycles. The topological polar surface area (TPSA) is 61.3 Å². The monoisotopic (exact) mass is 164 g/mol. The lowest BCUT2D eigenvalue weighted by molar-refractivity contribution is 0.333. The molecule has 1 atom stereocenters. The van der Waals surface area contributed by atoms with Crippen molar-refractivity contribution in [2.45, 2.75) is 13.0 Å². The van der Waals surface area contributed by atoms with Gasteiger partial charge in [-0.2, -0.15) is 0 Å². The Morgan fingerprint density at radius 3 is 3.00 bits per heavy atom. The predicted molar refractivity (Wildman–Crippen MR) is 48.0 cm³/mol. The summed E-state index contributed by atoms with van der Waals surface area (Å²) in [5.74, 6) is 0.884. The second kappa shape index (κ2) is 2.38. The van der Waals surface area contributed by atoms with Gasteiger partial charge in [0.1, 0.15) is 12.4 Å². The van der Waals surface area contributed by atoms with Crippen LogP contribution in [-0.4, -0.2) is 6.61 Å². The lowest BCUT2D eigenvalue weighted by Crippen LogP contribution is -2.10. The molecule has 4 N–H and O–H groups in total. The van der Waals surface area contributed by atoms with Gasteiger partial charge in [0, 0.05) is 11.3 Å². The van der Waals surface area contributed by atoms with Gasteiger partial charge in [-0.25, -0.2) is 0 Å². The molecule has 1 aromatic carbocycles. The van der Waals surface area contributed by atoms with E-state index in [-0.39, 0.29) is 6.04 Å². The second-order valence-electron chi connectivity index (χ2n) is 3.16. The van der Waals surface area contributed by atoms with Crippen LogP contribution >= 0.6 is 0 Å². The van der Waals surface area contributed by atoms with E-state index in [0.29, 0.717) is 6.61 Å². The average Bonchev–Trinajstić information content (AvgIpc) is 2.35.